The van der Waals surface area contributed by atoms with Crippen LogP contribution in [0.25, 0.3) is 0 Å². The lowest BCUT2D eigenvalue weighted by Crippen LogP contribution is -2.42. The van der Waals surface area contributed by atoms with Gasteiger partial charge in [-0.25, -0.2) is 4.39 Å². The van der Waals surface area contributed by atoms with Crippen LogP contribution in [0.3, 0.4) is 0 Å². The molecule has 2 heterocycles. The van der Waals surface area contributed by atoms with Crippen molar-refractivity contribution in [3.8, 4) is 0 Å². The smallest absolute Gasteiger partial charge is 0.263 e. The maximum atomic E-state index is 13.0. The Morgan fingerprint density at radius 3 is 2.57 bits per heavy atom. The lowest BCUT2D eigenvalue weighted by Gasteiger charge is -2.31. The molecule has 3 nitrogen and oxygen atoms in total. The molecule has 120 valence electrons. The van der Waals surface area contributed by atoms with Crippen LogP contribution >= 0.6 is 22.9 Å². The molecule has 6 heteroatoms. The van der Waals surface area contributed by atoms with Crippen molar-refractivity contribution in [2.45, 2.75) is 12.8 Å². The van der Waals surface area contributed by atoms with Gasteiger partial charge in [0.25, 0.3) is 5.91 Å². The average Bonchev–Trinajstić information content (AvgIpc) is 3.01. The molecule has 1 unspecified atom stereocenters. The van der Waals surface area contributed by atoms with E-state index in [-0.39, 0.29) is 23.4 Å². The zero-order chi connectivity index (χ0) is 16.4. The van der Waals surface area contributed by atoms with Crippen LogP contribution in [0.15, 0.2) is 36.4 Å². The standard InChI is InChI=1S/C17H15ClFNO2S/c18-15-8-7-14(23-15)17(22)20-9-1-2-12(10-20)16(21)11-3-5-13(19)6-4-11/h3-8,12H,1-2,9-10H2. The Morgan fingerprint density at radius 1 is 1.17 bits per heavy atom. The highest BCUT2D eigenvalue weighted by molar-refractivity contribution is 7.17. The fourth-order valence-electron chi connectivity index (χ4n) is 2.81. The fraction of sp³-hybridized carbons (Fsp3) is 0.294. The van der Waals surface area contributed by atoms with E-state index in [9.17, 15) is 14.0 Å². The largest absolute Gasteiger partial charge is 0.337 e. The lowest BCUT2D eigenvalue weighted by atomic mass is 9.90. The van der Waals surface area contributed by atoms with Crippen LogP contribution in [0.2, 0.25) is 4.34 Å². The van der Waals surface area contributed by atoms with Crippen molar-refractivity contribution >= 4 is 34.6 Å². The van der Waals surface area contributed by atoms with Crippen molar-refractivity contribution in [3.63, 3.8) is 0 Å². The third-order valence-corrected chi connectivity index (χ3v) is 5.21. The number of piperidine rings is 1. The average molecular weight is 352 g/mol. The van der Waals surface area contributed by atoms with Crippen LogP contribution < -0.4 is 0 Å². The molecule has 2 aromatic rings. The number of ketones is 1. The Morgan fingerprint density at radius 2 is 1.91 bits per heavy atom. The van der Waals surface area contributed by atoms with Crippen LogP contribution in [0.5, 0.6) is 0 Å². The second-order valence-electron chi connectivity index (χ2n) is 5.57. The van der Waals surface area contributed by atoms with Crippen molar-refractivity contribution in [1.82, 2.24) is 4.90 Å². The summed E-state index contributed by atoms with van der Waals surface area (Å²) in [5.74, 6) is -0.726. The molecule has 0 bridgehead atoms. The van der Waals surface area contributed by atoms with Crippen molar-refractivity contribution < 1.29 is 14.0 Å². The first-order valence-corrected chi connectivity index (χ1v) is 8.58. The maximum Gasteiger partial charge on any atom is 0.263 e. The molecule has 0 aliphatic carbocycles. The molecule has 0 saturated carbocycles. The quantitative estimate of drug-likeness (QED) is 0.774. The maximum absolute atomic E-state index is 13.0. The van der Waals surface area contributed by atoms with Crippen LogP contribution in [0.1, 0.15) is 32.9 Å². The van der Waals surface area contributed by atoms with E-state index >= 15 is 0 Å². The predicted molar refractivity (Wildman–Crippen MR) is 88.7 cm³/mol. The number of hydrogen-bond acceptors (Lipinski definition) is 3. The Labute approximate surface area is 142 Å². The second kappa shape index (κ2) is 6.81. The van der Waals surface area contributed by atoms with Gasteiger partial charge in [-0.05, 0) is 49.2 Å². The van der Waals surface area contributed by atoms with Gasteiger partial charge in [-0.15, -0.1) is 11.3 Å². The number of hydrogen-bond donors (Lipinski definition) is 0. The van der Waals surface area contributed by atoms with Crippen LogP contribution in [0.4, 0.5) is 4.39 Å². The second-order valence-corrected chi connectivity index (χ2v) is 7.28. The number of carbonyl (C=O) groups is 2. The van der Waals surface area contributed by atoms with Crippen molar-refractivity contribution in [2.75, 3.05) is 13.1 Å². The van der Waals surface area contributed by atoms with Gasteiger partial charge in [0.05, 0.1) is 9.21 Å². The van der Waals surface area contributed by atoms with Gasteiger partial charge in [-0.1, -0.05) is 11.6 Å². The van der Waals surface area contributed by atoms with Crippen molar-refractivity contribution in [3.05, 3.63) is 57.0 Å². The van der Waals surface area contributed by atoms with Crippen LogP contribution in [-0.4, -0.2) is 29.7 Å². The number of carbonyl (C=O) groups excluding carboxylic acids is 2. The Kier molecular flexibility index (Phi) is 4.78. The molecule has 1 aromatic carbocycles. The van der Waals surface area contributed by atoms with E-state index in [2.05, 4.69) is 0 Å². The Balaban J connectivity index is 1.71. The monoisotopic (exact) mass is 351 g/mol. The van der Waals surface area contributed by atoms with Gasteiger partial charge < -0.3 is 4.90 Å². The minimum Gasteiger partial charge on any atom is -0.337 e. The van der Waals surface area contributed by atoms with Gasteiger partial charge in [0.2, 0.25) is 0 Å². The molecule has 1 fully saturated rings. The van der Waals surface area contributed by atoms with Gasteiger partial charge in [-0.3, -0.25) is 9.59 Å². The van der Waals surface area contributed by atoms with Gasteiger partial charge in [0, 0.05) is 24.6 Å². The summed E-state index contributed by atoms with van der Waals surface area (Å²) in [5, 5.41) is 0. The number of Topliss-reactive ketones (excluding diaryl/α,β-unsaturated/α-hetero) is 1. The Bertz CT molecular complexity index is 728. The summed E-state index contributed by atoms with van der Waals surface area (Å²) in [4.78, 5) is 27.3. The molecule has 3 rings (SSSR count). The molecule has 1 aliphatic rings. The fourth-order valence-corrected chi connectivity index (χ4v) is 3.82. The highest BCUT2D eigenvalue weighted by atomic mass is 35.5. The third-order valence-electron chi connectivity index (χ3n) is 3.99. The highest BCUT2D eigenvalue weighted by Crippen LogP contribution is 2.26. The van der Waals surface area contributed by atoms with E-state index in [1.54, 1.807) is 17.0 Å². The van der Waals surface area contributed by atoms with E-state index in [1.165, 1.54) is 35.6 Å². The van der Waals surface area contributed by atoms with E-state index in [4.69, 9.17) is 11.6 Å². The zero-order valence-corrected chi connectivity index (χ0v) is 13.9. The number of thiophene rings is 1. The molecule has 1 aromatic heterocycles. The van der Waals surface area contributed by atoms with Crippen molar-refractivity contribution in [1.29, 1.82) is 0 Å². The third kappa shape index (κ3) is 3.62. The summed E-state index contributed by atoms with van der Waals surface area (Å²) in [6.45, 7) is 1.03. The summed E-state index contributed by atoms with van der Waals surface area (Å²) < 4.78 is 13.5. The predicted octanol–water partition coefficient (Wildman–Crippen LogP) is 4.28. The molecule has 0 spiro atoms. The topological polar surface area (TPSA) is 37.4 Å². The molecule has 0 radical (unpaired) electrons. The van der Waals surface area contributed by atoms with Gasteiger partial charge in [0.1, 0.15) is 5.82 Å². The summed E-state index contributed by atoms with van der Waals surface area (Å²) in [6.07, 6.45) is 1.52. The number of nitrogens with zero attached hydrogens (tertiary/aromatic N) is 1. The molecule has 1 aliphatic heterocycles. The van der Waals surface area contributed by atoms with Gasteiger partial charge in [-0.2, -0.15) is 0 Å². The van der Waals surface area contributed by atoms with E-state index < -0.39 is 0 Å². The molecule has 23 heavy (non-hydrogen) atoms. The lowest BCUT2D eigenvalue weighted by molar-refractivity contribution is 0.0641. The van der Waals surface area contributed by atoms with E-state index in [1.807, 2.05) is 0 Å². The highest BCUT2D eigenvalue weighted by Gasteiger charge is 2.30. The summed E-state index contributed by atoms with van der Waals surface area (Å²) in [5.41, 5.74) is 0.491. The SMILES string of the molecule is O=C(c1ccc(F)cc1)C1CCCN(C(=O)c2ccc(Cl)s2)C1. The number of halogens is 2. The van der Waals surface area contributed by atoms with Crippen molar-refractivity contribution in [2.24, 2.45) is 5.92 Å². The molecular formula is C17H15ClFNO2S. The van der Waals surface area contributed by atoms with Crippen LogP contribution in [0, 0.1) is 11.7 Å². The summed E-state index contributed by atoms with van der Waals surface area (Å²) in [6, 6.07) is 8.97. The number of rotatable bonds is 3. The van der Waals surface area contributed by atoms with Gasteiger partial charge >= 0.3 is 0 Å². The summed E-state index contributed by atoms with van der Waals surface area (Å²) in [7, 11) is 0. The first-order valence-electron chi connectivity index (χ1n) is 7.39. The zero-order valence-electron chi connectivity index (χ0n) is 12.3. The number of amides is 1. The molecule has 0 N–H and O–H groups in total. The molecule has 1 atom stereocenters. The normalized spacial score (nSPS) is 18.0. The minimum atomic E-state index is -0.364. The van der Waals surface area contributed by atoms with E-state index in [0.29, 0.717) is 27.9 Å². The number of likely N-dealkylation sites (tertiary alicyclic amines) is 1. The first kappa shape index (κ1) is 16.1. The Hall–Kier alpha value is -1.72. The van der Waals surface area contributed by atoms with Crippen LogP contribution in [-0.2, 0) is 0 Å². The summed E-state index contributed by atoms with van der Waals surface area (Å²) >= 11 is 7.12. The molecule has 1 saturated heterocycles. The minimum absolute atomic E-state index is 0.0355. The van der Waals surface area contributed by atoms with E-state index in [0.717, 1.165) is 12.8 Å². The first-order chi connectivity index (χ1) is 11.0. The molecule has 1 amide bonds. The number of benzene rings is 1. The molecular weight excluding hydrogens is 337 g/mol. The van der Waals surface area contributed by atoms with Gasteiger partial charge in [0.15, 0.2) is 5.78 Å².